The predicted octanol–water partition coefficient (Wildman–Crippen LogP) is 8.27. The molecule has 0 aliphatic rings. The van der Waals surface area contributed by atoms with Gasteiger partial charge in [0.15, 0.2) is 0 Å². The summed E-state index contributed by atoms with van der Waals surface area (Å²) in [6, 6.07) is 31.2. The van der Waals surface area contributed by atoms with Gasteiger partial charge in [0.05, 0.1) is 30.0 Å². The average molecular weight is 549 g/mol. The Morgan fingerprint density at radius 3 is 2.05 bits per heavy atom. The lowest BCUT2D eigenvalue weighted by Crippen LogP contribution is -2.36. The van der Waals surface area contributed by atoms with Crippen LogP contribution in [0.2, 0.25) is 10.0 Å². The Morgan fingerprint density at radius 2 is 1.47 bits per heavy atom. The summed E-state index contributed by atoms with van der Waals surface area (Å²) in [7, 11) is 3.14. The second-order valence-corrected chi connectivity index (χ2v) is 9.64. The van der Waals surface area contributed by atoms with Crippen LogP contribution in [0.5, 0.6) is 11.5 Å². The summed E-state index contributed by atoms with van der Waals surface area (Å²) in [5.74, 6) is 1.27. The molecule has 0 radical (unpaired) electrons. The van der Waals surface area contributed by atoms with E-state index < -0.39 is 0 Å². The SMILES string of the molecule is COc1ccc(NC(=O)N(CCC(c2ccccc2)c2ccccc2)Cc2ccc(Cl)c(Cl)c2)c(OC)c1. The molecule has 0 fully saturated rings. The van der Waals surface area contributed by atoms with Gasteiger partial charge in [-0.2, -0.15) is 0 Å². The standard InChI is InChI=1S/C31H30Cl2N2O3/c1-37-25-14-16-29(30(20-25)38-2)34-31(36)35(21-22-13-15-27(32)28(33)19-22)18-17-26(23-9-5-3-6-10-23)24-11-7-4-8-12-24/h3-16,19-20,26H,17-18,21H2,1-2H3,(H,34,36). The van der Waals surface area contributed by atoms with Gasteiger partial charge in [-0.25, -0.2) is 4.79 Å². The van der Waals surface area contributed by atoms with E-state index in [1.165, 1.54) is 11.1 Å². The van der Waals surface area contributed by atoms with Crippen LogP contribution in [-0.4, -0.2) is 31.7 Å². The summed E-state index contributed by atoms with van der Waals surface area (Å²) in [4.78, 5) is 15.4. The van der Waals surface area contributed by atoms with Crippen LogP contribution in [0.15, 0.2) is 97.1 Å². The molecule has 4 rings (SSSR count). The number of hydrogen-bond donors (Lipinski definition) is 1. The Morgan fingerprint density at radius 1 is 0.816 bits per heavy atom. The van der Waals surface area contributed by atoms with Crippen LogP contribution in [0.25, 0.3) is 0 Å². The van der Waals surface area contributed by atoms with Crippen LogP contribution >= 0.6 is 23.2 Å². The highest BCUT2D eigenvalue weighted by Gasteiger charge is 2.21. The minimum atomic E-state index is -0.251. The Kier molecular flexibility index (Phi) is 9.52. The third-order valence-electron chi connectivity index (χ3n) is 6.39. The van der Waals surface area contributed by atoms with E-state index in [0.29, 0.717) is 40.3 Å². The molecule has 38 heavy (non-hydrogen) atoms. The number of hydrogen-bond acceptors (Lipinski definition) is 3. The highest BCUT2D eigenvalue weighted by atomic mass is 35.5. The highest BCUT2D eigenvalue weighted by Crippen LogP contribution is 2.31. The zero-order chi connectivity index (χ0) is 26.9. The van der Waals surface area contributed by atoms with Gasteiger partial charge in [0, 0.05) is 25.1 Å². The third-order valence-corrected chi connectivity index (χ3v) is 7.13. The van der Waals surface area contributed by atoms with E-state index in [9.17, 15) is 4.79 Å². The first-order chi connectivity index (χ1) is 18.5. The van der Waals surface area contributed by atoms with Crippen molar-refractivity contribution in [1.29, 1.82) is 0 Å². The summed E-state index contributed by atoms with van der Waals surface area (Å²) in [5.41, 5.74) is 3.84. The first-order valence-electron chi connectivity index (χ1n) is 12.3. The molecule has 0 saturated heterocycles. The summed E-state index contributed by atoms with van der Waals surface area (Å²) in [5, 5.41) is 3.94. The van der Waals surface area contributed by atoms with Gasteiger partial charge in [-0.05, 0) is 47.4 Å². The number of halogens is 2. The number of nitrogens with one attached hydrogen (secondary N) is 1. The van der Waals surface area contributed by atoms with Gasteiger partial charge in [0.25, 0.3) is 0 Å². The van der Waals surface area contributed by atoms with E-state index in [1.807, 2.05) is 42.5 Å². The van der Waals surface area contributed by atoms with Gasteiger partial charge in [0.2, 0.25) is 0 Å². The molecular weight excluding hydrogens is 519 g/mol. The molecule has 0 aliphatic carbocycles. The van der Waals surface area contributed by atoms with Gasteiger partial charge < -0.3 is 19.7 Å². The van der Waals surface area contributed by atoms with E-state index in [4.69, 9.17) is 32.7 Å². The largest absolute Gasteiger partial charge is 0.497 e. The number of carbonyl (C=O) groups is 1. The predicted molar refractivity (Wildman–Crippen MR) is 155 cm³/mol. The third kappa shape index (κ3) is 7.00. The Bertz CT molecular complexity index is 1310. The number of carbonyl (C=O) groups excluding carboxylic acids is 1. The monoisotopic (exact) mass is 548 g/mol. The summed E-state index contributed by atoms with van der Waals surface area (Å²) in [6.45, 7) is 0.858. The number of urea groups is 1. The van der Waals surface area contributed by atoms with Crippen LogP contribution in [0.1, 0.15) is 29.0 Å². The van der Waals surface area contributed by atoms with Gasteiger partial charge >= 0.3 is 6.03 Å². The molecule has 0 saturated carbocycles. The number of methoxy groups -OCH3 is 2. The molecule has 0 aromatic heterocycles. The number of amides is 2. The quantitative estimate of drug-likeness (QED) is 0.217. The number of anilines is 1. The molecule has 4 aromatic rings. The lowest BCUT2D eigenvalue weighted by atomic mass is 9.88. The van der Waals surface area contributed by atoms with Crippen molar-refractivity contribution in [2.75, 3.05) is 26.1 Å². The van der Waals surface area contributed by atoms with Crippen molar-refractivity contribution in [1.82, 2.24) is 4.90 Å². The maximum atomic E-state index is 13.6. The normalized spacial score (nSPS) is 10.8. The Labute approximate surface area is 233 Å². The van der Waals surface area contributed by atoms with Gasteiger partial charge in [-0.15, -0.1) is 0 Å². The number of ether oxygens (including phenoxy) is 2. The topological polar surface area (TPSA) is 50.8 Å². The molecule has 0 bridgehead atoms. The maximum Gasteiger partial charge on any atom is 0.322 e. The van der Waals surface area contributed by atoms with Crippen molar-refractivity contribution >= 4 is 34.9 Å². The van der Waals surface area contributed by atoms with Crippen LogP contribution in [0.3, 0.4) is 0 Å². The smallest absolute Gasteiger partial charge is 0.322 e. The fourth-order valence-corrected chi connectivity index (χ4v) is 4.71. The van der Waals surface area contributed by atoms with Crippen molar-refractivity contribution in [3.8, 4) is 11.5 Å². The van der Waals surface area contributed by atoms with E-state index >= 15 is 0 Å². The minimum absolute atomic E-state index is 0.122. The van der Waals surface area contributed by atoms with E-state index in [2.05, 4.69) is 29.6 Å². The number of nitrogens with zero attached hydrogens (tertiary/aromatic N) is 1. The van der Waals surface area contributed by atoms with Crippen molar-refractivity contribution in [3.05, 3.63) is 124 Å². The molecule has 0 heterocycles. The van der Waals surface area contributed by atoms with Crippen LogP contribution < -0.4 is 14.8 Å². The van der Waals surface area contributed by atoms with E-state index in [1.54, 1.807) is 49.5 Å². The van der Waals surface area contributed by atoms with Gasteiger partial charge in [-0.1, -0.05) is 89.9 Å². The highest BCUT2D eigenvalue weighted by molar-refractivity contribution is 6.42. The summed E-state index contributed by atoms with van der Waals surface area (Å²) < 4.78 is 10.8. The number of benzene rings is 4. The first-order valence-corrected chi connectivity index (χ1v) is 13.1. The number of rotatable bonds is 10. The minimum Gasteiger partial charge on any atom is -0.497 e. The van der Waals surface area contributed by atoms with E-state index in [0.717, 1.165) is 12.0 Å². The average Bonchev–Trinajstić information content (AvgIpc) is 2.95. The van der Waals surface area contributed by atoms with Crippen LogP contribution in [0.4, 0.5) is 10.5 Å². The fourth-order valence-electron chi connectivity index (χ4n) is 4.39. The lowest BCUT2D eigenvalue weighted by Gasteiger charge is -2.27. The van der Waals surface area contributed by atoms with Crippen LogP contribution in [-0.2, 0) is 6.54 Å². The summed E-state index contributed by atoms with van der Waals surface area (Å²) in [6.07, 6.45) is 0.725. The zero-order valence-electron chi connectivity index (χ0n) is 21.4. The van der Waals surface area contributed by atoms with Crippen molar-refractivity contribution in [3.63, 3.8) is 0 Å². The Hall–Kier alpha value is -3.67. The van der Waals surface area contributed by atoms with Crippen molar-refractivity contribution in [2.45, 2.75) is 18.9 Å². The second-order valence-electron chi connectivity index (χ2n) is 8.83. The zero-order valence-corrected chi connectivity index (χ0v) is 22.9. The molecule has 0 unspecified atom stereocenters. The molecular formula is C31H30Cl2N2O3. The van der Waals surface area contributed by atoms with Crippen LogP contribution in [0, 0.1) is 0 Å². The Balaban J connectivity index is 1.61. The summed E-state index contributed by atoms with van der Waals surface area (Å²) >= 11 is 12.4. The lowest BCUT2D eigenvalue weighted by molar-refractivity contribution is 0.207. The molecule has 7 heteroatoms. The fraction of sp³-hybridized carbons (Fsp3) is 0.194. The molecule has 0 spiro atoms. The van der Waals surface area contributed by atoms with Gasteiger partial charge in [-0.3, -0.25) is 0 Å². The second kappa shape index (κ2) is 13.2. The van der Waals surface area contributed by atoms with Gasteiger partial charge in [0.1, 0.15) is 11.5 Å². The molecule has 2 amide bonds. The first kappa shape index (κ1) is 27.4. The molecule has 196 valence electrons. The maximum absolute atomic E-state index is 13.6. The molecule has 0 atom stereocenters. The van der Waals surface area contributed by atoms with E-state index in [-0.39, 0.29) is 11.9 Å². The van der Waals surface area contributed by atoms with Crippen molar-refractivity contribution < 1.29 is 14.3 Å². The molecule has 1 N–H and O–H groups in total. The van der Waals surface area contributed by atoms with Crippen molar-refractivity contribution in [2.24, 2.45) is 0 Å². The molecule has 4 aromatic carbocycles. The molecule has 0 aliphatic heterocycles. The molecule has 5 nitrogen and oxygen atoms in total.